The minimum atomic E-state index is -1.63. The van der Waals surface area contributed by atoms with Crippen LogP contribution in [-0.2, 0) is 22.6 Å². The van der Waals surface area contributed by atoms with Gasteiger partial charge in [-0.1, -0.05) is 62.4 Å². The van der Waals surface area contributed by atoms with Gasteiger partial charge >= 0.3 is 0 Å². The van der Waals surface area contributed by atoms with E-state index in [1.54, 1.807) is 19.1 Å². The van der Waals surface area contributed by atoms with Gasteiger partial charge in [-0.15, -0.1) is 11.8 Å². The molecule has 3 unspecified atom stereocenters. The van der Waals surface area contributed by atoms with E-state index in [1.807, 2.05) is 68.4 Å². The van der Waals surface area contributed by atoms with Gasteiger partial charge in [0.15, 0.2) is 6.10 Å². The molecule has 3 atom stereocenters. The summed E-state index contributed by atoms with van der Waals surface area (Å²) in [7, 11) is 0. The molecule has 1 saturated heterocycles. The third kappa shape index (κ3) is 8.58. The van der Waals surface area contributed by atoms with Gasteiger partial charge in [-0.25, -0.2) is 0 Å². The Morgan fingerprint density at radius 1 is 1.02 bits per heavy atom. The Bertz CT molecular complexity index is 1500. The highest BCUT2D eigenvalue weighted by Crippen LogP contribution is 2.40. The van der Waals surface area contributed by atoms with Crippen molar-refractivity contribution in [1.82, 2.24) is 15.5 Å². The van der Waals surface area contributed by atoms with Crippen molar-refractivity contribution in [2.45, 2.75) is 70.5 Å². The average molecular weight is 634 g/mol. The van der Waals surface area contributed by atoms with Crippen LogP contribution in [0, 0.1) is 12.8 Å². The number of nitrogens with zero attached hydrogens (tertiary/aromatic N) is 1. The molecule has 3 amide bonds. The number of benzene rings is 3. The van der Waals surface area contributed by atoms with Crippen LogP contribution in [0.15, 0.2) is 72.8 Å². The molecule has 1 aliphatic heterocycles. The molecule has 0 spiro atoms. The fourth-order valence-corrected chi connectivity index (χ4v) is 6.41. The molecule has 45 heavy (non-hydrogen) atoms. The quantitative estimate of drug-likeness (QED) is 0.232. The van der Waals surface area contributed by atoms with E-state index in [-0.39, 0.29) is 36.1 Å². The first-order valence-corrected chi connectivity index (χ1v) is 16.1. The maximum absolute atomic E-state index is 13.9. The van der Waals surface area contributed by atoms with Gasteiger partial charge in [-0.3, -0.25) is 14.4 Å². The number of hydrogen-bond acceptors (Lipinski definition) is 7. The van der Waals surface area contributed by atoms with E-state index in [1.165, 1.54) is 22.7 Å². The third-order valence-corrected chi connectivity index (χ3v) is 9.20. The van der Waals surface area contributed by atoms with Gasteiger partial charge in [-0.05, 0) is 68.5 Å². The first kappa shape index (κ1) is 33.9. The number of hydrogen-bond donors (Lipinski definition) is 4. The highest BCUT2D eigenvalue weighted by molar-refractivity contribution is 8.00. The number of aromatic hydroxyl groups is 1. The molecule has 240 valence electrons. The van der Waals surface area contributed by atoms with E-state index in [4.69, 9.17) is 4.74 Å². The summed E-state index contributed by atoms with van der Waals surface area (Å²) in [5, 5.41) is 27.4. The van der Waals surface area contributed by atoms with Crippen molar-refractivity contribution < 1.29 is 29.3 Å². The van der Waals surface area contributed by atoms with E-state index in [0.29, 0.717) is 18.1 Å². The van der Waals surface area contributed by atoms with Crippen molar-refractivity contribution in [2.24, 2.45) is 5.92 Å². The summed E-state index contributed by atoms with van der Waals surface area (Å²) in [5.74, 6) is -0.230. The van der Waals surface area contributed by atoms with Crippen LogP contribution < -0.4 is 15.4 Å². The van der Waals surface area contributed by atoms with Gasteiger partial charge in [0.05, 0.1) is 18.5 Å². The molecule has 3 aromatic carbocycles. The van der Waals surface area contributed by atoms with Gasteiger partial charge in [0.1, 0.15) is 17.5 Å². The van der Waals surface area contributed by atoms with Gasteiger partial charge in [-0.2, -0.15) is 0 Å². The molecule has 4 N–H and O–H groups in total. The fourth-order valence-electron chi connectivity index (χ4n) is 5.27. The second-order valence-corrected chi connectivity index (χ2v) is 13.9. The zero-order valence-electron chi connectivity index (χ0n) is 26.4. The van der Waals surface area contributed by atoms with Crippen LogP contribution in [0.4, 0.5) is 0 Å². The molecule has 4 rings (SSSR count). The molecule has 1 heterocycles. The Morgan fingerprint density at radius 2 is 1.71 bits per heavy atom. The monoisotopic (exact) mass is 633 g/mol. The lowest BCUT2D eigenvalue weighted by Crippen LogP contribution is -2.58. The number of thioether (sulfide) groups is 1. The van der Waals surface area contributed by atoms with Crippen LogP contribution in [0.2, 0.25) is 0 Å². The van der Waals surface area contributed by atoms with Crippen LogP contribution in [-0.4, -0.2) is 68.3 Å². The summed E-state index contributed by atoms with van der Waals surface area (Å²) < 4.78 is 5.19. The number of ether oxygens (including phenoxy) is 1. The third-order valence-electron chi connectivity index (χ3n) is 7.82. The van der Waals surface area contributed by atoms with Gasteiger partial charge < -0.3 is 30.5 Å². The van der Waals surface area contributed by atoms with Crippen LogP contribution in [0.3, 0.4) is 0 Å². The number of phenolic OH excluding ortho intramolecular Hbond substituents is 1. The first-order valence-electron chi connectivity index (χ1n) is 15.1. The Balaban J connectivity index is 1.51. The Morgan fingerprint density at radius 3 is 2.42 bits per heavy atom. The van der Waals surface area contributed by atoms with E-state index >= 15 is 0 Å². The van der Waals surface area contributed by atoms with Crippen LogP contribution in [0.5, 0.6) is 11.5 Å². The van der Waals surface area contributed by atoms with E-state index in [9.17, 15) is 24.6 Å². The van der Waals surface area contributed by atoms with Crippen molar-refractivity contribution in [3.63, 3.8) is 0 Å². The van der Waals surface area contributed by atoms with E-state index in [2.05, 4.69) is 24.5 Å². The largest absolute Gasteiger partial charge is 0.508 e. The number of nitrogens with one attached hydrogen (secondary N) is 2. The van der Waals surface area contributed by atoms with Crippen molar-refractivity contribution >= 4 is 29.5 Å². The zero-order valence-corrected chi connectivity index (χ0v) is 27.3. The Hall–Kier alpha value is -4.02. The summed E-state index contributed by atoms with van der Waals surface area (Å²) >= 11 is 1.45. The number of phenols is 1. The Kier molecular flexibility index (Phi) is 11.2. The summed E-state index contributed by atoms with van der Waals surface area (Å²) in [6, 6.07) is 19.5. The highest BCUT2D eigenvalue weighted by Gasteiger charge is 2.49. The summed E-state index contributed by atoms with van der Waals surface area (Å²) in [6.07, 6.45) is -1.46. The fraction of sp³-hybridized carbons (Fsp3) is 0.400. The van der Waals surface area contributed by atoms with Crippen LogP contribution in [0.25, 0.3) is 0 Å². The summed E-state index contributed by atoms with van der Waals surface area (Å²) in [6.45, 7) is 10.4. The van der Waals surface area contributed by atoms with Crippen LogP contribution >= 0.6 is 11.8 Å². The first-order chi connectivity index (χ1) is 21.4. The number of carbonyl (C=O) groups is 3. The van der Waals surface area contributed by atoms with Gasteiger partial charge in [0.25, 0.3) is 11.8 Å². The summed E-state index contributed by atoms with van der Waals surface area (Å²) in [4.78, 5) is 42.3. The van der Waals surface area contributed by atoms with Gasteiger partial charge in [0, 0.05) is 22.4 Å². The number of amides is 3. The lowest BCUT2D eigenvalue weighted by atomic mass is 9.96. The second-order valence-electron chi connectivity index (χ2n) is 12.3. The second kappa shape index (κ2) is 14.8. The minimum absolute atomic E-state index is 0.0288. The molecule has 1 fully saturated rings. The molecule has 0 saturated carbocycles. The SMILES string of the molecule is Cc1c(O)cccc1C(=O)NC(Cc1ccccc1)C(O)C(=O)N1CSC(C)(C)C1C(=O)NCc1cccc(OCC(C)C)c1. The van der Waals surface area contributed by atoms with E-state index < -0.39 is 34.7 Å². The van der Waals surface area contributed by atoms with E-state index in [0.717, 1.165) is 16.9 Å². The highest BCUT2D eigenvalue weighted by atomic mass is 32.2. The predicted molar refractivity (Wildman–Crippen MR) is 176 cm³/mol. The standard InChI is InChI=1S/C35H43N3O6S/c1-22(2)20-44-26-14-9-13-25(17-26)19-36-33(42)31-35(4,5)45-21-38(31)34(43)30(40)28(18-24-11-7-6-8-12-24)37-32(41)27-15-10-16-29(39)23(27)3/h6-17,22,28,30-31,39-40H,18-21H2,1-5H3,(H,36,42)(H,37,41). The topological polar surface area (TPSA) is 128 Å². The molecule has 3 aromatic rings. The lowest BCUT2D eigenvalue weighted by molar-refractivity contribution is -0.147. The Labute approximate surface area is 269 Å². The normalized spacial score (nSPS) is 17.0. The maximum atomic E-state index is 13.9. The maximum Gasteiger partial charge on any atom is 0.254 e. The molecular formula is C35H43N3O6S. The molecule has 0 aliphatic carbocycles. The molecule has 0 bridgehead atoms. The molecule has 0 radical (unpaired) electrons. The number of aliphatic hydroxyl groups excluding tert-OH is 1. The average Bonchev–Trinajstić information content (AvgIpc) is 3.34. The number of rotatable bonds is 12. The van der Waals surface area contributed by atoms with Crippen molar-refractivity contribution in [3.05, 3.63) is 95.1 Å². The zero-order chi connectivity index (χ0) is 32.7. The molecule has 9 nitrogen and oxygen atoms in total. The summed E-state index contributed by atoms with van der Waals surface area (Å²) in [5.41, 5.74) is 2.30. The minimum Gasteiger partial charge on any atom is -0.508 e. The number of carbonyl (C=O) groups excluding carboxylic acids is 3. The molecule has 10 heteroatoms. The van der Waals surface area contributed by atoms with Gasteiger partial charge in [0.2, 0.25) is 5.91 Å². The van der Waals surface area contributed by atoms with Crippen molar-refractivity contribution in [2.75, 3.05) is 12.5 Å². The van der Waals surface area contributed by atoms with Crippen molar-refractivity contribution in [1.29, 1.82) is 0 Å². The lowest BCUT2D eigenvalue weighted by Gasteiger charge is -2.33. The predicted octanol–water partition coefficient (Wildman–Crippen LogP) is 4.43. The number of aliphatic hydroxyl groups is 1. The molecule has 0 aromatic heterocycles. The molecule has 1 aliphatic rings. The van der Waals surface area contributed by atoms with Crippen molar-refractivity contribution in [3.8, 4) is 11.5 Å². The smallest absolute Gasteiger partial charge is 0.254 e. The molecular weight excluding hydrogens is 590 g/mol. The van der Waals surface area contributed by atoms with Crippen LogP contribution in [0.1, 0.15) is 54.7 Å².